The van der Waals surface area contributed by atoms with Crippen LogP contribution in [0.15, 0.2) is 16.9 Å². The molecule has 0 aliphatic heterocycles. The lowest BCUT2D eigenvalue weighted by atomic mass is 10.1. The van der Waals surface area contributed by atoms with Crippen LogP contribution in [-0.4, -0.2) is 17.6 Å². The molecule has 0 aliphatic rings. The van der Waals surface area contributed by atoms with E-state index >= 15 is 0 Å². The Morgan fingerprint density at radius 2 is 2.19 bits per heavy atom. The van der Waals surface area contributed by atoms with Crippen molar-refractivity contribution in [3.8, 4) is 0 Å². The molecule has 3 nitrogen and oxygen atoms in total. The Balaban J connectivity index is 3.29. The van der Waals surface area contributed by atoms with Crippen molar-refractivity contribution in [2.75, 3.05) is 6.61 Å². The van der Waals surface area contributed by atoms with Crippen molar-refractivity contribution in [1.29, 1.82) is 0 Å². The fourth-order valence-electron chi connectivity index (χ4n) is 1.08. The molecule has 0 saturated heterocycles. The summed E-state index contributed by atoms with van der Waals surface area (Å²) in [5.41, 5.74) is -1.66. The van der Waals surface area contributed by atoms with E-state index in [1.807, 2.05) is 0 Å². The minimum Gasteiger partial charge on any atom is -0.462 e. The third-order valence-corrected chi connectivity index (χ3v) is 2.28. The van der Waals surface area contributed by atoms with Crippen molar-refractivity contribution in [2.45, 2.75) is 13.1 Å². The number of rotatable bonds is 2. The Kier molecular flexibility index (Phi) is 3.90. The molecule has 0 unspecified atom stereocenters. The van der Waals surface area contributed by atoms with Gasteiger partial charge in [-0.15, -0.1) is 0 Å². The number of hydrogen-bond donors (Lipinski definition) is 0. The molecule has 0 aromatic carbocycles. The minimum atomic E-state index is -4.66. The second-order valence-electron chi connectivity index (χ2n) is 2.74. The second kappa shape index (κ2) is 4.82. The highest BCUT2D eigenvalue weighted by atomic mass is 79.9. The largest absolute Gasteiger partial charge is 0.462 e. The van der Waals surface area contributed by atoms with Gasteiger partial charge in [0, 0.05) is 6.20 Å². The molecule has 16 heavy (non-hydrogen) atoms. The smallest absolute Gasteiger partial charge is 0.419 e. The SMILES string of the molecule is CCOC(=O)c1ccnc(Br)c1C(F)(F)F. The van der Waals surface area contributed by atoms with Crippen LogP contribution in [0.3, 0.4) is 0 Å². The van der Waals surface area contributed by atoms with Crippen molar-refractivity contribution in [1.82, 2.24) is 4.98 Å². The first kappa shape index (κ1) is 13.0. The summed E-state index contributed by atoms with van der Waals surface area (Å²) in [4.78, 5) is 14.7. The molecule has 1 rings (SSSR count). The molecule has 0 atom stereocenters. The number of esters is 1. The van der Waals surface area contributed by atoms with Crippen molar-refractivity contribution in [3.05, 3.63) is 28.0 Å². The summed E-state index contributed by atoms with van der Waals surface area (Å²) in [6.07, 6.45) is -3.55. The number of halogens is 4. The summed E-state index contributed by atoms with van der Waals surface area (Å²) in [5.74, 6) is -1.02. The number of carbonyl (C=O) groups excluding carboxylic acids is 1. The van der Waals surface area contributed by atoms with Crippen molar-refractivity contribution in [2.24, 2.45) is 0 Å². The van der Waals surface area contributed by atoms with Gasteiger partial charge in [-0.3, -0.25) is 0 Å². The molecule has 0 amide bonds. The van der Waals surface area contributed by atoms with Crippen LogP contribution in [0.25, 0.3) is 0 Å². The first-order chi connectivity index (χ1) is 7.38. The van der Waals surface area contributed by atoms with Crippen LogP contribution < -0.4 is 0 Å². The molecule has 0 bridgehead atoms. The Bertz CT molecular complexity index is 406. The zero-order valence-corrected chi connectivity index (χ0v) is 9.72. The number of nitrogens with zero attached hydrogens (tertiary/aromatic N) is 1. The monoisotopic (exact) mass is 297 g/mol. The molecule has 1 heterocycles. The lowest BCUT2D eigenvalue weighted by Gasteiger charge is -2.12. The summed E-state index contributed by atoms with van der Waals surface area (Å²) >= 11 is 2.66. The van der Waals surface area contributed by atoms with Gasteiger partial charge < -0.3 is 4.74 Å². The van der Waals surface area contributed by atoms with E-state index in [1.165, 1.54) is 6.92 Å². The van der Waals surface area contributed by atoms with E-state index in [0.717, 1.165) is 12.3 Å². The van der Waals surface area contributed by atoms with Gasteiger partial charge in [-0.1, -0.05) is 0 Å². The van der Waals surface area contributed by atoms with E-state index in [4.69, 9.17) is 0 Å². The number of hydrogen-bond acceptors (Lipinski definition) is 3. The van der Waals surface area contributed by atoms with Crippen LogP contribution in [0.2, 0.25) is 0 Å². The summed E-state index contributed by atoms with van der Waals surface area (Å²) in [6, 6.07) is 0.978. The number of alkyl halides is 3. The van der Waals surface area contributed by atoms with E-state index in [1.54, 1.807) is 0 Å². The van der Waals surface area contributed by atoms with Gasteiger partial charge in [0.2, 0.25) is 0 Å². The molecular formula is C9H7BrF3NO2. The van der Waals surface area contributed by atoms with E-state index in [2.05, 4.69) is 25.7 Å². The number of aromatic nitrogens is 1. The van der Waals surface area contributed by atoms with Gasteiger partial charge in [-0.05, 0) is 28.9 Å². The predicted octanol–water partition coefficient (Wildman–Crippen LogP) is 3.04. The summed E-state index contributed by atoms with van der Waals surface area (Å²) < 4.78 is 42.0. The third kappa shape index (κ3) is 2.72. The van der Waals surface area contributed by atoms with Crippen LogP contribution in [0, 0.1) is 0 Å². The van der Waals surface area contributed by atoms with Crippen LogP contribution in [0.5, 0.6) is 0 Å². The van der Waals surface area contributed by atoms with Crippen LogP contribution in [0.4, 0.5) is 13.2 Å². The molecular weight excluding hydrogens is 291 g/mol. The maximum Gasteiger partial charge on any atom is 0.419 e. The second-order valence-corrected chi connectivity index (χ2v) is 3.49. The molecule has 0 saturated carbocycles. The first-order valence-electron chi connectivity index (χ1n) is 4.26. The number of pyridine rings is 1. The van der Waals surface area contributed by atoms with Crippen molar-refractivity contribution in [3.63, 3.8) is 0 Å². The molecule has 0 fully saturated rings. The fraction of sp³-hybridized carbons (Fsp3) is 0.333. The molecule has 0 aliphatic carbocycles. The van der Waals surface area contributed by atoms with Gasteiger partial charge in [0.15, 0.2) is 0 Å². The molecule has 0 N–H and O–H groups in total. The Morgan fingerprint density at radius 3 is 2.69 bits per heavy atom. The van der Waals surface area contributed by atoms with Gasteiger partial charge in [-0.25, -0.2) is 9.78 Å². The average molecular weight is 298 g/mol. The zero-order chi connectivity index (χ0) is 12.3. The lowest BCUT2D eigenvalue weighted by Crippen LogP contribution is -2.16. The number of ether oxygens (including phenoxy) is 1. The van der Waals surface area contributed by atoms with Crippen LogP contribution >= 0.6 is 15.9 Å². The van der Waals surface area contributed by atoms with Crippen LogP contribution in [0.1, 0.15) is 22.8 Å². The van der Waals surface area contributed by atoms with E-state index in [0.29, 0.717) is 0 Å². The van der Waals surface area contributed by atoms with Crippen LogP contribution in [-0.2, 0) is 10.9 Å². The summed E-state index contributed by atoms with van der Waals surface area (Å²) in [6.45, 7) is 1.53. The van der Waals surface area contributed by atoms with Crippen molar-refractivity contribution < 1.29 is 22.7 Å². The van der Waals surface area contributed by atoms with Gasteiger partial charge in [0.05, 0.1) is 12.2 Å². The van der Waals surface area contributed by atoms with Gasteiger partial charge in [0.25, 0.3) is 0 Å². The highest BCUT2D eigenvalue weighted by Gasteiger charge is 2.38. The predicted molar refractivity (Wildman–Crippen MR) is 52.9 cm³/mol. The topological polar surface area (TPSA) is 39.2 Å². The minimum absolute atomic E-state index is 0.00999. The first-order valence-corrected chi connectivity index (χ1v) is 5.06. The summed E-state index contributed by atoms with van der Waals surface area (Å²) in [5, 5.41) is 0. The maximum absolute atomic E-state index is 12.6. The maximum atomic E-state index is 12.6. The molecule has 1 aromatic heterocycles. The molecule has 1 aromatic rings. The highest BCUT2D eigenvalue weighted by Crippen LogP contribution is 2.36. The highest BCUT2D eigenvalue weighted by molar-refractivity contribution is 9.10. The summed E-state index contributed by atoms with van der Waals surface area (Å²) in [7, 11) is 0. The van der Waals surface area contributed by atoms with E-state index < -0.39 is 27.9 Å². The zero-order valence-electron chi connectivity index (χ0n) is 8.14. The third-order valence-electron chi connectivity index (χ3n) is 1.68. The van der Waals surface area contributed by atoms with Crippen molar-refractivity contribution >= 4 is 21.9 Å². The molecule has 0 radical (unpaired) electrons. The molecule has 7 heteroatoms. The Labute approximate surface area is 97.8 Å². The quantitative estimate of drug-likeness (QED) is 0.622. The van der Waals surface area contributed by atoms with Gasteiger partial charge >= 0.3 is 12.1 Å². The Hall–Kier alpha value is -1.11. The Morgan fingerprint density at radius 1 is 1.56 bits per heavy atom. The molecule has 0 spiro atoms. The normalized spacial score (nSPS) is 11.3. The van der Waals surface area contributed by atoms with Gasteiger partial charge in [0.1, 0.15) is 10.2 Å². The van der Waals surface area contributed by atoms with E-state index in [9.17, 15) is 18.0 Å². The fourth-order valence-corrected chi connectivity index (χ4v) is 1.64. The molecule has 88 valence electrons. The van der Waals surface area contributed by atoms with Gasteiger partial charge in [-0.2, -0.15) is 13.2 Å². The van der Waals surface area contributed by atoms with E-state index in [-0.39, 0.29) is 6.61 Å². The lowest BCUT2D eigenvalue weighted by molar-refractivity contribution is -0.139. The average Bonchev–Trinajstić information content (AvgIpc) is 2.15. The number of carbonyl (C=O) groups is 1. The standard InChI is InChI=1S/C9H7BrF3NO2/c1-2-16-8(15)5-3-4-14-7(10)6(5)9(11,12)13/h3-4H,2H2,1H3.